The number of furan rings is 1. The maximum atomic E-state index is 13.4. The van der Waals surface area contributed by atoms with Crippen LogP contribution in [-0.4, -0.2) is 30.5 Å². The number of sulfone groups is 1. The van der Waals surface area contributed by atoms with E-state index in [1.165, 1.54) is 6.20 Å². The van der Waals surface area contributed by atoms with Crippen molar-refractivity contribution in [1.29, 1.82) is 0 Å². The van der Waals surface area contributed by atoms with Crippen LogP contribution in [-0.2, 0) is 22.9 Å². The summed E-state index contributed by atoms with van der Waals surface area (Å²) in [5.41, 5.74) is 2.56. The standard InChI is InChI=1S/C25H23ClN4O4S/c1-17-10-11-19(13-21(17)26)28-24(31)23-22(14-27-25(29-23)35(2,32)33)30(16-20-9-6-12-34-20)15-18-7-4-3-5-8-18/h3-14H,15-16H2,1-2H3,(H,28,31). The molecule has 0 bridgehead atoms. The number of rotatable bonds is 8. The van der Waals surface area contributed by atoms with E-state index in [-0.39, 0.29) is 5.69 Å². The molecular formula is C25H23ClN4O4S. The molecule has 2 aromatic carbocycles. The molecule has 4 aromatic rings. The van der Waals surface area contributed by atoms with Gasteiger partial charge in [-0.1, -0.05) is 48.0 Å². The number of carbonyl (C=O) groups excluding carboxylic acids is 1. The zero-order chi connectivity index (χ0) is 25.0. The van der Waals surface area contributed by atoms with Crippen LogP contribution in [0.25, 0.3) is 0 Å². The van der Waals surface area contributed by atoms with Gasteiger partial charge in [0.25, 0.3) is 5.91 Å². The van der Waals surface area contributed by atoms with Gasteiger partial charge in [-0.3, -0.25) is 4.79 Å². The summed E-state index contributed by atoms with van der Waals surface area (Å²) in [6, 6.07) is 18.3. The first-order valence-corrected chi connectivity index (χ1v) is 12.9. The number of nitrogens with one attached hydrogen (secondary N) is 1. The van der Waals surface area contributed by atoms with Crippen molar-refractivity contribution in [3.8, 4) is 0 Å². The van der Waals surface area contributed by atoms with Crippen molar-refractivity contribution in [2.75, 3.05) is 16.5 Å². The fourth-order valence-electron chi connectivity index (χ4n) is 3.42. The fraction of sp³-hybridized carbons (Fsp3) is 0.160. The molecule has 0 aliphatic rings. The Morgan fingerprint density at radius 1 is 1.09 bits per heavy atom. The van der Waals surface area contributed by atoms with Gasteiger partial charge in [-0.25, -0.2) is 18.4 Å². The Morgan fingerprint density at radius 2 is 1.86 bits per heavy atom. The number of aromatic nitrogens is 2. The van der Waals surface area contributed by atoms with E-state index in [0.29, 0.717) is 35.2 Å². The smallest absolute Gasteiger partial charge is 0.276 e. The Bertz CT molecular complexity index is 1440. The lowest BCUT2D eigenvalue weighted by atomic mass is 10.1. The number of aryl methyl sites for hydroxylation is 1. The molecule has 10 heteroatoms. The number of nitrogens with zero attached hydrogens (tertiary/aromatic N) is 3. The van der Waals surface area contributed by atoms with Gasteiger partial charge >= 0.3 is 0 Å². The lowest BCUT2D eigenvalue weighted by molar-refractivity contribution is 0.102. The van der Waals surface area contributed by atoms with Crippen LogP contribution in [0.5, 0.6) is 0 Å². The van der Waals surface area contributed by atoms with Crippen LogP contribution in [0.2, 0.25) is 5.02 Å². The van der Waals surface area contributed by atoms with Gasteiger partial charge < -0.3 is 14.6 Å². The van der Waals surface area contributed by atoms with Gasteiger partial charge in [0.05, 0.1) is 24.7 Å². The molecule has 180 valence electrons. The van der Waals surface area contributed by atoms with Gasteiger partial charge in [0, 0.05) is 23.5 Å². The molecular weight excluding hydrogens is 488 g/mol. The molecule has 0 aliphatic heterocycles. The average Bonchev–Trinajstić information content (AvgIpc) is 3.34. The van der Waals surface area contributed by atoms with E-state index in [9.17, 15) is 13.2 Å². The maximum Gasteiger partial charge on any atom is 0.276 e. The topological polar surface area (TPSA) is 105 Å². The highest BCUT2D eigenvalue weighted by molar-refractivity contribution is 7.90. The molecule has 0 saturated heterocycles. The van der Waals surface area contributed by atoms with E-state index in [1.807, 2.05) is 48.2 Å². The molecule has 0 atom stereocenters. The first kappa shape index (κ1) is 24.4. The summed E-state index contributed by atoms with van der Waals surface area (Å²) in [7, 11) is -3.76. The van der Waals surface area contributed by atoms with E-state index in [2.05, 4.69) is 15.3 Å². The van der Waals surface area contributed by atoms with E-state index in [1.54, 1.807) is 30.5 Å². The first-order chi connectivity index (χ1) is 16.7. The van der Waals surface area contributed by atoms with Crippen molar-refractivity contribution < 1.29 is 17.6 Å². The number of carbonyl (C=O) groups is 1. The predicted octanol–water partition coefficient (Wildman–Crippen LogP) is 4.89. The normalized spacial score (nSPS) is 11.3. The number of hydrogen-bond donors (Lipinski definition) is 1. The highest BCUT2D eigenvalue weighted by atomic mass is 35.5. The van der Waals surface area contributed by atoms with Crippen LogP contribution in [0.4, 0.5) is 11.4 Å². The zero-order valence-electron chi connectivity index (χ0n) is 19.1. The van der Waals surface area contributed by atoms with Gasteiger partial charge in [-0.15, -0.1) is 0 Å². The van der Waals surface area contributed by atoms with Gasteiger partial charge in [-0.2, -0.15) is 0 Å². The quantitative estimate of drug-likeness (QED) is 0.336. The molecule has 0 fully saturated rings. The molecule has 35 heavy (non-hydrogen) atoms. The summed E-state index contributed by atoms with van der Waals surface area (Å²) in [6.45, 7) is 2.56. The summed E-state index contributed by atoms with van der Waals surface area (Å²) >= 11 is 6.20. The molecule has 8 nitrogen and oxygen atoms in total. The third kappa shape index (κ3) is 6.06. The largest absolute Gasteiger partial charge is 0.467 e. The third-order valence-electron chi connectivity index (χ3n) is 5.21. The Kier molecular flexibility index (Phi) is 7.18. The van der Waals surface area contributed by atoms with Crippen molar-refractivity contribution in [1.82, 2.24) is 9.97 Å². The van der Waals surface area contributed by atoms with E-state index in [4.69, 9.17) is 16.0 Å². The lowest BCUT2D eigenvalue weighted by Crippen LogP contribution is -2.27. The lowest BCUT2D eigenvalue weighted by Gasteiger charge is -2.25. The summed E-state index contributed by atoms with van der Waals surface area (Å²) in [5, 5.41) is 2.82. The van der Waals surface area contributed by atoms with Crippen molar-refractivity contribution in [2.24, 2.45) is 0 Å². The molecule has 1 N–H and O–H groups in total. The van der Waals surface area contributed by atoms with E-state index >= 15 is 0 Å². The van der Waals surface area contributed by atoms with Crippen molar-refractivity contribution in [3.63, 3.8) is 0 Å². The van der Waals surface area contributed by atoms with Crippen LogP contribution in [0, 0.1) is 6.92 Å². The van der Waals surface area contributed by atoms with Gasteiger partial charge in [0.15, 0.2) is 5.69 Å². The molecule has 2 aromatic heterocycles. The summed E-state index contributed by atoms with van der Waals surface area (Å²) in [5.74, 6) is 0.0644. The molecule has 4 rings (SSSR count). The Morgan fingerprint density at radius 3 is 2.51 bits per heavy atom. The molecule has 0 radical (unpaired) electrons. The Hall–Kier alpha value is -3.69. The van der Waals surface area contributed by atoms with Crippen molar-refractivity contribution in [3.05, 3.63) is 101 Å². The highest BCUT2D eigenvalue weighted by Crippen LogP contribution is 2.26. The minimum atomic E-state index is -3.76. The van der Waals surface area contributed by atoms with Crippen molar-refractivity contribution >= 4 is 38.7 Å². The van der Waals surface area contributed by atoms with Crippen LogP contribution in [0.1, 0.15) is 27.4 Å². The van der Waals surface area contributed by atoms with Crippen LogP contribution in [0.3, 0.4) is 0 Å². The number of benzene rings is 2. The predicted molar refractivity (Wildman–Crippen MR) is 134 cm³/mol. The van der Waals surface area contributed by atoms with E-state index in [0.717, 1.165) is 17.4 Å². The number of amides is 1. The molecule has 0 unspecified atom stereocenters. The second-order valence-corrected chi connectivity index (χ2v) is 10.3. The fourth-order valence-corrected chi connectivity index (χ4v) is 4.10. The van der Waals surface area contributed by atoms with Crippen LogP contribution < -0.4 is 10.2 Å². The number of anilines is 2. The zero-order valence-corrected chi connectivity index (χ0v) is 20.7. The maximum absolute atomic E-state index is 13.4. The minimum Gasteiger partial charge on any atom is -0.467 e. The third-order valence-corrected chi connectivity index (χ3v) is 6.47. The van der Waals surface area contributed by atoms with E-state index < -0.39 is 20.9 Å². The SMILES string of the molecule is Cc1ccc(NC(=O)c2nc(S(C)(=O)=O)ncc2N(Cc2ccccc2)Cc2ccco2)cc1Cl. The molecule has 0 spiro atoms. The molecule has 1 amide bonds. The monoisotopic (exact) mass is 510 g/mol. The molecule has 2 heterocycles. The summed E-state index contributed by atoms with van der Waals surface area (Å²) in [4.78, 5) is 23.4. The molecule has 0 saturated carbocycles. The molecule has 0 aliphatic carbocycles. The van der Waals surface area contributed by atoms with Gasteiger partial charge in [-0.05, 0) is 42.3 Å². The highest BCUT2D eigenvalue weighted by Gasteiger charge is 2.24. The second kappa shape index (κ2) is 10.3. The summed E-state index contributed by atoms with van der Waals surface area (Å²) < 4.78 is 29.9. The van der Waals surface area contributed by atoms with Gasteiger partial charge in [0.1, 0.15) is 5.76 Å². The van der Waals surface area contributed by atoms with Crippen LogP contribution >= 0.6 is 11.6 Å². The summed E-state index contributed by atoms with van der Waals surface area (Å²) in [6.07, 6.45) is 3.91. The van der Waals surface area contributed by atoms with Crippen molar-refractivity contribution in [2.45, 2.75) is 25.2 Å². The van der Waals surface area contributed by atoms with Crippen LogP contribution in [0.15, 0.2) is 82.7 Å². The minimum absolute atomic E-state index is 0.0837. The first-order valence-electron chi connectivity index (χ1n) is 10.7. The Labute approximate surface area is 208 Å². The average molecular weight is 511 g/mol. The number of halogens is 1. The van der Waals surface area contributed by atoms with Gasteiger partial charge in [0.2, 0.25) is 15.0 Å². The second-order valence-electron chi connectivity index (χ2n) is 8.00. The number of hydrogen-bond acceptors (Lipinski definition) is 7. The Balaban J connectivity index is 1.78.